The van der Waals surface area contributed by atoms with Gasteiger partial charge in [-0.3, -0.25) is 101 Å². The van der Waals surface area contributed by atoms with Crippen molar-refractivity contribution in [3.05, 3.63) is 96.7 Å². The molecule has 3 rings (SSSR count). The number of hydrogen-bond acceptors (Lipinski definition) is 24. The molecule has 1 N–H and O–H groups in total. The van der Waals surface area contributed by atoms with Crippen LogP contribution < -0.4 is 5.32 Å². The van der Waals surface area contributed by atoms with E-state index in [1.165, 1.54) is 76.7 Å². The van der Waals surface area contributed by atoms with Crippen LogP contribution in [-0.4, -0.2) is 379 Å². The minimum atomic E-state index is -0.477. The Morgan fingerprint density at radius 2 is 0.815 bits per heavy atom. The number of likely N-dealkylation sites (tertiary alicyclic amines) is 1. The molecule has 0 aromatic carbocycles. The first-order valence-electron chi connectivity index (χ1n) is 52.6. The van der Waals surface area contributed by atoms with E-state index < -0.39 is 5.60 Å². The van der Waals surface area contributed by atoms with Gasteiger partial charge in [0, 0.05) is 194 Å². The maximum Gasteiger partial charge on any atom is 0.410 e. The SMILES string of the molecule is CC(C)C(=O)/C=C/C(=O)N(C)C.CC(C)C(=O)/C=C/CCC1CCCCC1.CC(C)C(=O)C1=CCN(C(=O)OC(C)(C)C)CC1.CC(C)CC(=O)CN(C)C(=O)CN(C)C/C=C/C(=O)C(C)C.CC(C)NC(=O)CN(C)C/C=C/C(=O)C(C)C.CCC1CCN(C(=O)CN(C)C/C=C/C(=O)C(C)C)CC1.CCN(CC(=O)N(C)C)C(=O)CN(C)C/C=C/C(=O)C(C)C.COCCN(C/C=C/C(=O)C(C)C)CC(=O)N(C)C. The molecule has 8 amide bonds. The molecule has 146 heavy (non-hydrogen) atoms. The van der Waals surface area contributed by atoms with Gasteiger partial charge < -0.3 is 49.1 Å². The second-order valence-corrected chi connectivity index (χ2v) is 42.7. The molecule has 0 aromatic rings. The number of allylic oxidation sites excluding steroid dienone is 8. The summed E-state index contributed by atoms with van der Waals surface area (Å²) in [6.07, 6.45) is 38.9. The lowest BCUT2D eigenvalue weighted by Crippen LogP contribution is -2.44. The van der Waals surface area contributed by atoms with Gasteiger partial charge in [0.15, 0.2) is 52.0 Å². The second-order valence-electron chi connectivity index (χ2n) is 42.7. The number of methoxy groups -OCH3 is 1. The number of rotatable bonds is 52. The van der Waals surface area contributed by atoms with Gasteiger partial charge in [0.1, 0.15) is 5.60 Å². The lowest BCUT2D eigenvalue weighted by Gasteiger charge is -2.32. The molecular formula is C114H201N13O19. The molecular weight excluding hydrogens is 1860 g/mol. The molecule has 2 aliphatic heterocycles. The molecule has 0 radical (unpaired) electrons. The molecule has 32 nitrogen and oxygen atoms in total. The van der Waals surface area contributed by atoms with Crippen molar-refractivity contribution in [1.82, 2.24) is 64.1 Å². The average Bonchev–Trinajstić information content (AvgIpc) is 0.849. The van der Waals surface area contributed by atoms with Crippen LogP contribution in [0.5, 0.6) is 0 Å². The van der Waals surface area contributed by atoms with Gasteiger partial charge in [0.05, 0.1) is 52.4 Å². The number of Topliss-reactive ketones (excluding diaryl/α,β-unsaturated/α-hetero) is 2. The fraction of sp³-hybridized carbons (Fsp3) is 0.711. The third-order valence-electron chi connectivity index (χ3n) is 22.8. The summed E-state index contributed by atoms with van der Waals surface area (Å²) in [5, 5.41) is 2.82. The summed E-state index contributed by atoms with van der Waals surface area (Å²) in [5.74, 6) is 3.00. The number of carbonyl (C=O) groups excluding carboxylic acids is 17. The molecule has 0 aromatic heterocycles. The predicted octanol–water partition coefficient (Wildman–Crippen LogP) is 14.5. The number of ketones is 9. The van der Waals surface area contributed by atoms with Crippen LogP contribution >= 0.6 is 0 Å². The van der Waals surface area contributed by atoms with Crippen molar-refractivity contribution in [1.29, 1.82) is 0 Å². The fourth-order valence-electron chi connectivity index (χ4n) is 12.9. The molecule has 836 valence electrons. The Labute approximate surface area is 882 Å². The minimum absolute atomic E-state index is 0.00564. The highest BCUT2D eigenvalue weighted by Crippen LogP contribution is 2.28. The Hall–Kier alpha value is -9.73. The number of likely N-dealkylation sites (N-methyl/N-ethyl adjacent to an activating group) is 9. The van der Waals surface area contributed by atoms with Crippen LogP contribution in [0.2, 0.25) is 0 Å². The quantitative estimate of drug-likeness (QED) is 0.0553. The fourth-order valence-corrected chi connectivity index (χ4v) is 12.9. The highest BCUT2D eigenvalue weighted by molar-refractivity contribution is 5.99. The summed E-state index contributed by atoms with van der Waals surface area (Å²) >= 11 is 0. The summed E-state index contributed by atoms with van der Waals surface area (Å²) in [6.45, 7) is 56.5. The highest BCUT2D eigenvalue weighted by Gasteiger charge is 2.28. The largest absolute Gasteiger partial charge is 0.444 e. The van der Waals surface area contributed by atoms with E-state index in [9.17, 15) is 81.5 Å². The van der Waals surface area contributed by atoms with E-state index in [0.29, 0.717) is 104 Å². The van der Waals surface area contributed by atoms with Gasteiger partial charge in [-0.05, 0) is 168 Å². The maximum atomic E-state index is 12.2. The van der Waals surface area contributed by atoms with Crippen molar-refractivity contribution in [2.45, 2.75) is 262 Å². The normalized spacial score (nSPS) is 13.7. The van der Waals surface area contributed by atoms with E-state index in [1.54, 1.807) is 141 Å². The van der Waals surface area contributed by atoms with Crippen molar-refractivity contribution in [3.63, 3.8) is 0 Å². The number of amides is 8. The van der Waals surface area contributed by atoms with Gasteiger partial charge >= 0.3 is 6.09 Å². The van der Waals surface area contributed by atoms with Crippen LogP contribution in [0, 0.1) is 65.1 Å². The van der Waals surface area contributed by atoms with Gasteiger partial charge in [-0.2, -0.15) is 0 Å². The molecule has 0 unspecified atom stereocenters. The topological polar surface area (TPSA) is 360 Å². The molecule has 0 atom stereocenters. The first-order valence-corrected chi connectivity index (χ1v) is 52.6. The molecule has 32 heteroatoms. The minimum Gasteiger partial charge on any atom is -0.444 e. The van der Waals surface area contributed by atoms with Crippen molar-refractivity contribution < 1.29 is 91.0 Å². The Balaban J connectivity index is -0.000000522. The number of nitrogens with one attached hydrogen (secondary N) is 1. The van der Waals surface area contributed by atoms with E-state index >= 15 is 0 Å². The second kappa shape index (κ2) is 83.1. The number of nitrogens with zero attached hydrogens (tertiary/aromatic N) is 12. The number of ether oxygens (including phenoxy) is 2. The van der Waals surface area contributed by atoms with Gasteiger partial charge in [-0.15, -0.1) is 0 Å². The zero-order valence-corrected chi connectivity index (χ0v) is 97.6. The standard InChI is InChI=1S/C17H30N2O3.C17H30N2O2.C16H29N3O3.C14H26N2O3.C14H23NO3.C14H24O.C13H24N2O2.C9H15NO2/c1-13(2)10-15(20)11-19(6)17(22)12-18(5)9-7-8-16(21)14(3)4;1-5-15-8-11-19(12-9-15)17(21)13-18(4)10-6-7-16(20)14(2)3;1-7-19(12-15(21)17(4)5)16(22)11-18(6)10-8-9-14(20)13(2)3;1-12(2)13(17)7-6-8-16(9-10-19-5)11-14(18)15(3)4;1-10(2)12(16)11-6-8-15(9-7-11)13(17)18-14(3,4)5;1-12(2)14(15)11-7-6-10-13-8-4-3-5-9-13;1-10(2)12(16)7-6-8-15(5)9-13(17)14-11(3)4;1-7(2)8(11)5-6-9(12)10(3)4/h7-8,13-14H,9-12H2,1-6H3;6-7,14-15H,5,8-13H2,1-4H3;8-9,13H,7,10-12H2,1-6H3;6-7,12H,8-11H2,1-5H3;6,10H,7-9H2,1-5H3;7,11-13H,3-6,8-10H2,1-2H3;6-7,10-11H,8-9H2,1-5H3,(H,14,17);5-7H,1-4H3/b8-7+;7-6+;9-8+;7-6+;;11-7+;7-6+;6-5+. The molecule has 0 spiro atoms. The maximum absolute atomic E-state index is 12.2. The first-order chi connectivity index (χ1) is 67.8. The lowest BCUT2D eigenvalue weighted by molar-refractivity contribution is -0.139. The smallest absolute Gasteiger partial charge is 0.410 e. The van der Waals surface area contributed by atoms with Crippen molar-refractivity contribution in [2.75, 3.05) is 209 Å². The monoisotopic (exact) mass is 2060 g/mol. The number of hydrogen-bond donors (Lipinski definition) is 1. The van der Waals surface area contributed by atoms with Crippen LogP contribution in [0.25, 0.3) is 0 Å². The van der Waals surface area contributed by atoms with E-state index in [2.05, 4.69) is 18.3 Å². The third kappa shape index (κ3) is 79.4. The Kier molecular flexibility index (Phi) is 82.4. The van der Waals surface area contributed by atoms with Crippen molar-refractivity contribution in [2.24, 2.45) is 65.1 Å². The molecule has 1 saturated heterocycles. The lowest BCUT2D eigenvalue weighted by atomic mass is 9.86. The van der Waals surface area contributed by atoms with Crippen LogP contribution in [0.3, 0.4) is 0 Å². The Morgan fingerprint density at radius 1 is 0.418 bits per heavy atom. The van der Waals surface area contributed by atoms with Crippen LogP contribution in [0.4, 0.5) is 4.79 Å². The van der Waals surface area contributed by atoms with Crippen LogP contribution in [0.1, 0.15) is 250 Å². The number of piperidine rings is 1. The molecule has 1 aliphatic carbocycles. The molecule has 0 bridgehead atoms. The Morgan fingerprint density at radius 3 is 1.18 bits per heavy atom. The molecule has 1 saturated carbocycles. The number of carbonyl (C=O) groups is 17. The summed E-state index contributed by atoms with van der Waals surface area (Å²) < 4.78 is 10.3. The third-order valence-corrected chi connectivity index (χ3v) is 22.8. The first kappa shape index (κ1) is 145. The average molecular weight is 2060 g/mol. The Bertz CT molecular complexity index is 4080. The summed E-state index contributed by atoms with van der Waals surface area (Å²) in [6, 6.07) is 0.161. The van der Waals surface area contributed by atoms with Gasteiger partial charge in [-0.1, -0.05) is 213 Å². The summed E-state index contributed by atoms with van der Waals surface area (Å²) in [4.78, 5) is 217. The molecule has 3 aliphatic rings. The van der Waals surface area contributed by atoms with Crippen LogP contribution in [-0.2, 0) is 86.2 Å². The van der Waals surface area contributed by atoms with Gasteiger partial charge in [0.25, 0.3) is 0 Å². The zero-order chi connectivity index (χ0) is 113. The van der Waals surface area contributed by atoms with E-state index in [0.717, 1.165) is 49.8 Å². The van der Waals surface area contributed by atoms with Crippen molar-refractivity contribution in [3.8, 4) is 0 Å². The summed E-state index contributed by atoms with van der Waals surface area (Å²) in [7, 11) is 20.8. The summed E-state index contributed by atoms with van der Waals surface area (Å²) in [5.41, 5.74) is 0.360. The molecule has 2 heterocycles. The predicted molar refractivity (Wildman–Crippen MR) is 591 cm³/mol. The van der Waals surface area contributed by atoms with E-state index in [4.69, 9.17) is 9.47 Å². The van der Waals surface area contributed by atoms with Crippen LogP contribution in [0.15, 0.2) is 96.7 Å². The van der Waals surface area contributed by atoms with E-state index in [-0.39, 0.29) is 179 Å². The molecule has 2 fully saturated rings. The van der Waals surface area contributed by atoms with Gasteiger partial charge in [-0.25, -0.2) is 4.79 Å². The highest BCUT2D eigenvalue weighted by atomic mass is 16.6. The van der Waals surface area contributed by atoms with Crippen molar-refractivity contribution >= 4 is 99.5 Å². The van der Waals surface area contributed by atoms with E-state index in [1.807, 2.05) is 222 Å². The van der Waals surface area contributed by atoms with Gasteiger partial charge in [0.2, 0.25) is 41.4 Å². The zero-order valence-electron chi connectivity index (χ0n) is 97.6.